The summed E-state index contributed by atoms with van der Waals surface area (Å²) in [6.07, 6.45) is 0. The van der Waals surface area contributed by atoms with Gasteiger partial charge in [0.1, 0.15) is 5.69 Å². The fourth-order valence-corrected chi connectivity index (χ4v) is 5.57. The minimum Gasteiger partial charge on any atom is -0.321 e. The summed E-state index contributed by atoms with van der Waals surface area (Å²) in [5, 5.41) is 18.3. The van der Waals surface area contributed by atoms with E-state index in [1.165, 1.54) is 22.9 Å². The number of non-ortho nitro benzene ring substituents is 1. The average molecular weight is 534 g/mol. The molecule has 0 bridgehead atoms. The molecule has 2 N–H and O–H groups in total. The number of rotatable bonds is 7. The molecule has 10 nitrogen and oxygen atoms in total. The SMILES string of the molecule is Cc1cc(C(=O)Nc2ccc(-c3ccccc3S(=O)(=O)NC(C)(C)C)cc2)n(-c2cccc([N+](=O)[O-])c2)n1. The summed E-state index contributed by atoms with van der Waals surface area (Å²) in [6.45, 7) is 7.05. The molecule has 0 fully saturated rings. The first kappa shape index (κ1) is 26.7. The van der Waals surface area contributed by atoms with Gasteiger partial charge in [0, 0.05) is 28.9 Å². The van der Waals surface area contributed by atoms with Crippen LogP contribution < -0.4 is 10.0 Å². The van der Waals surface area contributed by atoms with Gasteiger partial charge >= 0.3 is 0 Å². The van der Waals surface area contributed by atoms with E-state index in [1.54, 1.807) is 88.4 Å². The van der Waals surface area contributed by atoms with E-state index in [-0.39, 0.29) is 16.3 Å². The Kier molecular flexibility index (Phi) is 7.16. The van der Waals surface area contributed by atoms with Gasteiger partial charge < -0.3 is 5.32 Å². The third-order valence-electron chi connectivity index (χ3n) is 5.42. The van der Waals surface area contributed by atoms with Gasteiger partial charge in [-0.1, -0.05) is 36.4 Å². The zero-order valence-electron chi connectivity index (χ0n) is 21.3. The Labute approximate surface area is 220 Å². The van der Waals surface area contributed by atoms with Gasteiger partial charge in [0.2, 0.25) is 10.0 Å². The van der Waals surface area contributed by atoms with Crippen LogP contribution in [0.25, 0.3) is 16.8 Å². The minimum absolute atomic E-state index is 0.113. The van der Waals surface area contributed by atoms with Gasteiger partial charge in [0.25, 0.3) is 11.6 Å². The zero-order valence-corrected chi connectivity index (χ0v) is 22.1. The molecule has 0 aliphatic rings. The highest BCUT2D eigenvalue weighted by molar-refractivity contribution is 7.89. The van der Waals surface area contributed by atoms with Crippen LogP contribution in [0.15, 0.2) is 83.8 Å². The molecular formula is C27H27N5O5S. The number of benzene rings is 3. The van der Waals surface area contributed by atoms with Crippen molar-refractivity contribution in [2.45, 2.75) is 38.1 Å². The number of aryl methyl sites for hydroxylation is 1. The molecule has 1 amide bonds. The first-order valence-corrected chi connectivity index (χ1v) is 13.2. The van der Waals surface area contributed by atoms with Crippen molar-refractivity contribution in [2.75, 3.05) is 5.32 Å². The molecule has 0 radical (unpaired) electrons. The summed E-state index contributed by atoms with van der Waals surface area (Å²) in [6, 6.07) is 21.0. The summed E-state index contributed by atoms with van der Waals surface area (Å²) in [5.74, 6) is -0.456. The lowest BCUT2D eigenvalue weighted by Crippen LogP contribution is -2.40. The molecule has 3 aromatic carbocycles. The summed E-state index contributed by atoms with van der Waals surface area (Å²) in [4.78, 5) is 23.9. The number of carbonyl (C=O) groups excluding carboxylic acids is 1. The third-order valence-corrected chi connectivity index (χ3v) is 7.24. The van der Waals surface area contributed by atoms with Crippen LogP contribution in [-0.4, -0.2) is 34.6 Å². The molecule has 196 valence electrons. The maximum atomic E-state index is 13.1. The largest absolute Gasteiger partial charge is 0.321 e. The van der Waals surface area contributed by atoms with E-state index in [0.717, 1.165) is 0 Å². The summed E-state index contributed by atoms with van der Waals surface area (Å²) in [5.41, 5.74) is 2.08. The van der Waals surface area contributed by atoms with E-state index in [2.05, 4.69) is 15.1 Å². The second kappa shape index (κ2) is 10.2. The molecule has 1 aromatic heterocycles. The number of hydrogen-bond donors (Lipinski definition) is 2. The fraction of sp³-hybridized carbons (Fsp3) is 0.185. The Balaban J connectivity index is 1.60. The van der Waals surface area contributed by atoms with Gasteiger partial charge in [-0.15, -0.1) is 0 Å². The van der Waals surface area contributed by atoms with E-state index in [0.29, 0.717) is 28.2 Å². The topological polar surface area (TPSA) is 136 Å². The second-order valence-corrected chi connectivity index (χ2v) is 11.4. The first-order valence-electron chi connectivity index (χ1n) is 11.7. The average Bonchev–Trinajstić information content (AvgIpc) is 3.25. The molecule has 4 rings (SSSR count). The zero-order chi connectivity index (χ0) is 27.7. The quantitative estimate of drug-likeness (QED) is 0.251. The van der Waals surface area contributed by atoms with Gasteiger partial charge in [-0.05, 0) is 63.6 Å². The van der Waals surface area contributed by atoms with Crippen LogP contribution in [0.2, 0.25) is 0 Å². The van der Waals surface area contributed by atoms with E-state index in [1.807, 2.05) is 0 Å². The summed E-state index contributed by atoms with van der Waals surface area (Å²) in [7, 11) is -3.77. The minimum atomic E-state index is -3.77. The smallest absolute Gasteiger partial charge is 0.274 e. The van der Waals surface area contributed by atoms with Crippen molar-refractivity contribution in [2.24, 2.45) is 0 Å². The van der Waals surface area contributed by atoms with E-state index >= 15 is 0 Å². The molecular weight excluding hydrogens is 506 g/mol. The summed E-state index contributed by atoms with van der Waals surface area (Å²) < 4.78 is 30.0. The van der Waals surface area contributed by atoms with Crippen molar-refractivity contribution in [3.05, 3.63) is 100 Å². The molecule has 0 saturated heterocycles. The van der Waals surface area contributed by atoms with Crippen LogP contribution in [0, 0.1) is 17.0 Å². The number of anilines is 1. The normalized spacial score (nSPS) is 11.8. The Morgan fingerprint density at radius 3 is 2.32 bits per heavy atom. The number of amides is 1. The lowest BCUT2D eigenvalue weighted by atomic mass is 10.1. The monoisotopic (exact) mass is 533 g/mol. The molecule has 0 spiro atoms. The molecule has 1 heterocycles. The van der Waals surface area contributed by atoms with Crippen molar-refractivity contribution in [3.8, 4) is 16.8 Å². The molecule has 0 unspecified atom stereocenters. The predicted molar refractivity (Wildman–Crippen MR) is 145 cm³/mol. The fourth-order valence-electron chi connectivity index (χ4n) is 3.92. The van der Waals surface area contributed by atoms with E-state index < -0.39 is 26.4 Å². The Bertz CT molecular complexity index is 1620. The molecule has 0 atom stereocenters. The van der Waals surface area contributed by atoms with Crippen molar-refractivity contribution < 1.29 is 18.1 Å². The molecule has 38 heavy (non-hydrogen) atoms. The van der Waals surface area contributed by atoms with Crippen LogP contribution in [0.4, 0.5) is 11.4 Å². The van der Waals surface area contributed by atoms with Crippen molar-refractivity contribution in [1.82, 2.24) is 14.5 Å². The molecule has 4 aromatic rings. The van der Waals surface area contributed by atoms with Crippen LogP contribution in [0.3, 0.4) is 0 Å². The van der Waals surface area contributed by atoms with Gasteiger partial charge in [0.15, 0.2) is 0 Å². The van der Waals surface area contributed by atoms with Gasteiger partial charge in [-0.2, -0.15) is 5.10 Å². The predicted octanol–water partition coefficient (Wildman–Crippen LogP) is 5.09. The number of nitrogens with zero attached hydrogens (tertiary/aromatic N) is 3. The van der Waals surface area contributed by atoms with Gasteiger partial charge in [-0.3, -0.25) is 14.9 Å². The van der Waals surface area contributed by atoms with Crippen LogP contribution in [0.1, 0.15) is 37.0 Å². The highest BCUT2D eigenvalue weighted by atomic mass is 32.2. The Hall–Kier alpha value is -4.35. The van der Waals surface area contributed by atoms with Crippen molar-refractivity contribution >= 4 is 27.3 Å². The standard InChI is InChI=1S/C27H27N5O5S/c1-18-16-24(31(29-18)21-8-7-9-22(17-21)32(34)35)26(33)28-20-14-12-19(13-15-20)23-10-5-6-11-25(23)38(36,37)30-27(2,3)4/h5-17,30H,1-4H3,(H,28,33). The van der Waals surface area contributed by atoms with Crippen molar-refractivity contribution in [3.63, 3.8) is 0 Å². The maximum Gasteiger partial charge on any atom is 0.274 e. The number of aromatic nitrogens is 2. The molecule has 0 aliphatic heterocycles. The van der Waals surface area contributed by atoms with Gasteiger partial charge in [0.05, 0.1) is 21.2 Å². The number of nitrogens with one attached hydrogen (secondary N) is 2. The second-order valence-electron chi connectivity index (χ2n) is 9.74. The highest BCUT2D eigenvalue weighted by Gasteiger charge is 2.25. The van der Waals surface area contributed by atoms with Crippen molar-refractivity contribution in [1.29, 1.82) is 0 Å². The number of sulfonamides is 1. The summed E-state index contributed by atoms with van der Waals surface area (Å²) >= 11 is 0. The van der Waals surface area contributed by atoms with E-state index in [9.17, 15) is 23.3 Å². The number of nitro groups is 1. The van der Waals surface area contributed by atoms with Gasteiger partial charge in [-0.25, -0.2) is 17.8 Å². The van der Waals surface area contributed by atoms with Crippen LogP contribution >= 0.6 is 0 Å². The first-order chi connectivity index (χ1) is 17.8. The lowest BCUT2D eigenvalue weighted by molar-refractivity contribution is -0.384. The van der Waals surface area contributed by atoms with Crippen LogP contribution in [0.5, 0.6) is 0 Å². The highest BCUT2D eigenvalue weighted by Crippen LogP contribution is 2.29. The molecule has 0 aliphatic carbocycles. The van der Waals surface area contributed by atoms with Crippen LogP contribution in [-0.2, 0) is 10.0 Å². The molecule has 0 saturated carbocycles. The lowest BCUT2D eigenvalue weighted by Gasteiger charge is -2.21. The Morgan fingerprint density at radius 2 is 1.66 bits per heavy atom. The van der Waals surface area contributed by atoms with E-state index in [4.69, 9.17) is 0 Å². The maximum absolute atomic E-state index is 13.1. The number of nitro benzene ring substituents is 1. The molecule has 11 heteroatoms. The number of hydrogen-bond acceptors (Lipinski definition) is 6. The Morgan fingerprint density at radius 1 is 0.974 bits per heavy atom. The number of carbonyl (C=O) groups is 1. The third kappa shape index (κ3) is 5.96.